The maximum atomic E-state index is 12.8. The minimum atomic E-state index is -0.962. The number of amides is 1. The van der Waals surface area contributed by atoms with Gasteiger partial charge in [-0.1, -0.05) is 42.5 Å². The van der Waals surface area contributed by atoms with Gasteiger partial charge in [0.05, 0.1) is 11.2 Å². The van der Waals surface area contributed by atoms with Gasteiger partial charge in [0.15, 0.2) is 0 Å². The molecule has 1 amide bonds. The van der Waals surface area contributed by atoms with Gasteiger partial charge >= 0.3 is 5.97 Å². The molecule has 2 N–H and O–H groups in total. The van der Waals surface area contributed by atoms with Crippen LogP contribution in [0.5, 0.6) is 0 Å². The molecule has 6 nitrogen and oxygen atoms in total. The summed E-state index contributed by atoms with van der Waals surface area (Å²) in [5.74, 6) is -0.957. The van der Waals surface area contributed by atoms with Crippen molar-refractivity contribution < 1.29 is 14.7 Å². The van der Waals surface area contributed by atoms with Gasteiger partial charge in [-0.05, 0) is 67.7 Å². The third-order valence-corrected chi connectivity index (χ3v) is 6.60. The minimum Gasteiger partial charge on any atom is -0.481 e. The van der Waals surface area contributed by atoms with E-state index in [9.17, 15) is 19.6 Å². The summed E-state index contributed by atoms with van der Waals surface area (Å²) >= 11 is 0.771. The fourth-order valence-electron chi connectivity index (χ4n) is 4.34. The first-order valence-electron chi connectivity index (χ1n) is 10.6. The summed E-state index contributed by atoms with van der Waals surface area (Å²) in [6, 6.07) is 7.75. The number of nitroso groups, excluding NO2 is 1. The Labute approximate surface area is 199 Å². The molecule has 0 fully saturated rings. The molecule has 3 rings (SSSR count). The third-order valence-electron chi connectivity index (χ3n) is 5.80. The molecule has 0 aromatic heterocycles. The molecule has 172 valence electrons. The Morgan fingerprint density at radius 3 is 2.69 bits per heavy atom. The molecule has 2 aliphatic carbocycles. The quantitative estimate of drug-likeness (QED) is 0.351. The number of allylic oxidation sites excluding steroid dienone is 5. The SMILES string of the molecule is CC(CC(=O)O)(Cc1ccccc1CCNC(=O)C1=C2CC=CC=C2CCC1)SN=O.Cl. The van der Waals surface area contributed by atoms with E-state index in [1.807, 2.05) is 24.3 Å². The van der Waals surface area contributed by atoms with E-state index in [1.165, 1.54) is 11.1 Å². The Hall–Kier alpha value is -2.38. The Balaban J connectivity index is 0.00000363. The van der Waals surface area contributed by atoms with Crippen molar-refractivity contribution in [2.45, 2.75) is 56.6 Å². The summed E-state index contributed by atoms with van der Waals surface area (Å²) in [6.07, 6.45) is 10.8. The van der Waals surface area contributed by atoms with Crippen LogP contribution in [0.4, 0.5) is 0 Å². The average molecular weight is 477 g/mol. The minimum absolute atomic E-state index is 0. The number of halogens is 1. The molecular formula is C24H29ClN2O4S. The summed E-state index contributed by atoms with van der Waals surface area (Å²) in [7, 11) is 0. The van der Waals surface area contributed by atoms with Crippen molar-refractivity contribution in [3.63, 3.8) is 0 Å². The number of carbonyl (C=O) groups excluding carboxylic acids is 1. The smallest absolute Gasteiger partial charge is 0.304 e. The van der Waals surface area contributed by atoms with E-state index in [0.717, 1.165) is 54.3 Å². The lowest BCUT2D eigenvalue weighted by Gasteiger charge is -2.25. The Kier molecular flexibility index (Phi) is 9.72. The number of nitrogens with one attached hydrogen (secondary N) is 1. The highest BCUT2D eigenvalue weighted by molar-refractivity contribution is 7.99. The third kappa shape index (κ3) is 6.81. The van der Waals surface area contributed by atoms with Crippen molar-refractivity contribution >= 4 is 36.2 Å². The van der Waals surface area contributed by atoms with Gasteiger partial charge in [0, 0.05) is 28.6 Å². The van der Waals surface area contributed by atoms with Crippen LogP contribution in [0.15, 0.2) is 63.8 Å². The topological polar surface area (TPSA) is 95.8 Å². The van der Waals surface area contributed by atoms with Crippen LogP contribution in [0.25, 0.3) is 0 Å². The van der Waals surface area contributed by atoms with Gasteiger partial charge < -0.3 is 10.4 Å². The second-order valence-electron chi connectivity index (χ2n) is 8.27. The molecular weight excluding hydrogens is 448 g/mol. The lowest BCUT2D eigenvalue weighted by atomic mass is 9.83. The first-order chi connectivity index (χ1) is 14.9. The average Bonchev–Trinajstić information content (AvgIpc) is 2.74. The van der Waals surface area contributed by atoms with Gasteiger partial charge in [0.25, 0.3) is 0 Å². The zero-order valence-electron chi connectivity index (χ0n) is 18.1. The molecule has 0 radical (unpaired) electrons. The van der Waals surface area contributed by atoms with Crippen molar-refractivity contribution in [3.05, 3.63) is 75.2 Å². The lowest BCUT2D eigenvalue weighted by Crippen LogP contribution is -2.30. The van der Waals surface area contributed by atoms with Gasteiger partial charge in [-0.25, -0.2) is 0 Å². The van der Waals surface area contributed by atoms with Gasteiger partial charge in [-0.15, -0.1) is 17.3 Å². The molecule has 0 saturated carbocycles. The van der Waals surface area contributed by atoms with Gasteiger partial charge in [-0.2, -0.15) is 0 Å². The van der Waals surface area contributed by atoms with E-state index >= 15 is 0 Å². The number of carboxylic acid groups (broad SMARTS) is 1. The fraction of sp³-hybridized carbons (Fsp3) is 0.417. The van der Waals surface area contributed by atoms with E-state index in [2.05, 4.69) is 28.1 Å². The van der Waals surface area contributed by atoms with Crippen LogP contribution in [0.3, 0.4) is 0 Å². The number of hydrogen-bond acceptors (Lipinski definition) is 5. The molecule has 0 saturated heterocycles. The standard InChI is InChI=1S/C24H28N2O4S.ClH/c1-24(31-26-30,16-22(27)28)15-19-9-3-2-7-17(19)13-14-25-23(29)21-12-6-10-18-8-4-5-11-20(18)21;/h2-5,7-9H,6,10-16H2,1H3,(H,25,29)(H,27,28);1H. The van der Waals surface area contributed by atoms with Crippen LogP contribution in [0.1, 0.15) is 50.2 Å². The highest BCUT2D eigenvalue weighted by atomic mass is 35.5. The molecule has 8 heteroatoms. The van der Waals surface area contributed by atoms with Crippen LogP contribution < -0.4 is 5.32 Å². The first-order valence-corrected chi connectivity index (χ1v) is 11.3. The Morgan fingerprint density at radius 2 is 1.97 bits per heavy atom. The van der Waals surface area contributed by atoms with E-state index < -0.39 is 10.7 Å². The van der Waals surface area contributed by atoms with E-state index in [0.29, 0.717) is 19.4 Å². The van der Waals surface area contributed by atoms with Crippen molar-refractivity contribution in [1.29, 1.82) is 0 Å². The molecule has 0 heterocycles. The summed E-state index contributed by atoms with van der Waals surface area (Å²) < 4.78 is 2.07. The largest absolute Gasteiger partial charge is 0.481 e. The summed E-state index contributed by atoms with van der Waals surface area (Å²) in [6.45, 7) is 2.24. The van der Waals surface area contributed by atoms with Gasteiger partial charge in [0.2, 0.25) is 5.91 Å². The van der Waals surface area contributed by atoms with Crippen LogP contribution in [0, 0.1) is 4.91 Å². The summed E-state index contributed by atoms with van der Waals surface area (Å²) in [5.41, 5.74) is 5.36. The van der Waals surface area contributed by atoms with Gasteiger partial charge in [-0.3, -0.25) is 9.59 Å². The zero-order valence-corrected chi connectivity index (χ0v) is 19.8. The molecule has 2 aliphatic rings. The van der Waals surface area contributed by atoms with Crippen LogP contribution in [0.2, 0.25) is 0 Å². The predicted octanol–water partition coefficient (Wildman–Crippen LogP) is 5.32. The number of rotatable bonds is 10. The van der Waals surface area contributed by atoms with Crippen LogP contribution in [-0.4, -0.2) is 28.3 Å². The number of aliphatic carboxylic acids is 1. The maximum Gasteiger partial charge on any atom is 0.304 e. The number of fused-ring (bicyclic) bond motifs is 1. The normalized spacial score (nSPS) is 16.8. The van der Waals surface area contributed by atoms with Crippen molar-refractivity contribution in [2.24, 2.45) is 4.58 Å². The number of carbonyl (C=O) groups is 2. The molecule has 0 bridgehead atoms. The number of nitrogens with zero attached hydrogens (tertiary/aromatic N) is 1. The van der Waals surface area contributed by atoms with E-state index in [4.69, 9.17) is 0 Å². The molecule has 0 aliphatic heterocycles. The highest BCUT2D eigenvalue weighted by Gasteiger charge is 2.31. The lowest BCUT2D eigenvalue weighted by molar-refractivity contribution is -0.137. The maximum absolute atomic E-state index is 12.8. The second-order valence-corrected chi connectivity index (χ2v) is 9.59. The van der Waals surface area contributed by atoms with Crippen molar-refractivity contribution in [2.75, 3.05) is 6.54 Å². The fourth-order valence-corrected chi connectivity index (χ4v) is 4.93. The van der Waals surface area contributed by atoms with Crippen molar-refractivity contribution in [1.82, 2.24) is 5.32 Å². The van der Waals surface area contributed by atoms with Crippen LogP contribution >= 0.6 is 24.4 Å². The molecule has 0 spiro atoms. The predicted molar refractivity (Wildman–Crippen MR) is 131 cm³/mol. The zero-order chi connectivity index (χ0) is 22.3. The Morgan fingerprint density at radius 1 is 1.22 bits per heavy atom. The molecule has 32 heavy (non-hydrogen) atoms. The summed E-state index contributed by atoms with van der Waals surface area (Å²) in [4.78, 5) is 34.9. The highest BCUT2D eigenvalue weighted by Crippen LogP contribution is 2.35. The van der Waals surface area contributed by atoms with E-state index in [1.54, 1.807) is 6.92 Å². The molecule has 1 unspecified atom stereocenters. The number of carboxylic acids is 1. The van der Waals surface area contributed by atoms with Crippen molar-refractivity contribution in [3.8, 4) is 0 Å². The number of hydrogen-bond donors (Lipinski definition) is 2. The molecule has 1 aromatic rings. The number of benzene rings is 1. The summed E-state index contributed by atoms with van der Waals surface area (Å²) in [5, 5.41) is 12.3. The first kappa shape index (κ1) is 25.9. The monoisotopic (exact) mass is 476 g/mol. The second kappa shape index (κ2) is 12.0. The van der Waals surface area contributed by atoms with Crippen LogP contribution in [-0.2, 0) is 22.4 Å². The Bertz CT molecular complexity index is 957. The van der Waals surface area contributed by atoms with E-state index in [-0.39, 0.29) is 24.7 Å². The molecule has 1 aromatic carbocycles. The van der Waals surface area contributed by atoms with Gasteiger partial charge in [0.1, 0.15) is 0 Å². The molecule has 1 atom stereocenters.